The molecule has 1 aromatic carbocycles. The summed E-state index contributed by atoms with van der Waals surface area (Å²) >= 11 is 0. The summed E-state index contributed by atoms with van der Waals surface area (Å²) in [5.74, 6) is -0.680. The minimum Gasteiger partial charge on any atom is -0.497 e. The number of ether oxygens (including phenoxy) is 2. The molecular formula is C14H17NO5. The number of hydrogen-bond acceptors (Lipinski definition) is 4. The van der Waals surface area contributed by atoms with Gasteiger partial charge in [0.2, 0.25) is 0 Å². The summed E-state index contributed by atoms with van der Waals surface area (Å²) in [6, 6.07) is 4.17. The van der Waals surface area contributed by atoms with Crippen molar-refractivity contribution >= 4 is 11.9 Å². The van der Waals surface area contributed by atoms with Gasteiger partial charge in [0.25, 0.3) is 5.91 Å². The predicted octanol–water partition coefficient (Wildman–Crippen LogP) is 0.929. The molecule has 20 heavy (non-hydrogen) atoms. The Morgan fingerprint density at radius 2 is 2.20 bits per heavy atom. The topological polar surface area (TPSA) is 76.1 Å². The average Bonchev–Trinajstić information content (AvgIpc) is 2.46. The van der Waals surface area contributed by atoms with E-state index in [0.717, 1.165) is 5.56 Å². The number of aryl methyl sites for hydroxylation is 1. The Morgan fingerprint density at radius 1 is 1.45 bits per heavy atom. The van der Waals surface area contributed by atoms with Crippen LogP contribution in [0.1, 0.15) is 15.9 Å². The van der Waals surface area contributed by atoms with Crippen LogP contribution in [0.15, 0.2) is 18.2 Å². The molecule has 6 nitrogen and oxygen atoms in total. The van der Waals surface area contributed by atoms with Gasteiger partial charge in [0, 0.05) is 12.1 Å². The van der Waals surface area contributed by atoms with Gasteiger partial charge < -0.3 is 19.5 Å². The summed E-state index contributed by atoms with van der Waals surface area (Å²) in [7, 11) is 1.55. The molecule has 1 aromatic rings. The third-order valence-corrected chi connectivity index (χ3v) is 3.34. The molecule has 1 aliphatic heterocycles. The quantitative estimate of drug-likeness (QED) is 0.890. The van der Waals surface area contributed by atoms with Crippen LogP contribution in [-0.2, 0) is 9.53 Å². The molecule has 0 radical (unpaired) electrons. The number of carbonyl (C=O) groups excluding carboxylic acids is 1. The second kappa shape index (κ2) is 5.92. The largest absolute Gasteiger partial charge is 0.497 e. The van der Waals surface area contributed by atoms with Gasteiger partial charge >= 0.3 is 5.97 Å². The van der Waals surface area contributed by atoms with E-state index in [-0.39, 0.29) is 19.1 Å². The van der Waals surface area contributed by atoms with Crippen LogP contribution >= 0.6 is 0 Å². The van der Waals surface area contributed by atoms with Gasteiger partial charge in [0.15, 0.2) is 6.04 Å². The van der Waals surface area contributed by atoms with Crippen molar-refractivity contribution in [2.75, 3.05) is 26.9 Å². The molecule has 6 heteroatoms. The summed E-state index contributed by atoms with van der Waals surface area (Å²) in [6.45, 7) is 2.45. The van der Waals surface area contributed by atoms with Gasteiger partial charge in [0.1, 0.15) is 5.75 Å². The summed E-state index contributed by atoms with van der Waals surface area (Å²) < 4.78 is 10.2. The molecule has 1 unspecified atom stereocenters. The minimum absolute atomic E-state index is 0.0241. The van der Waals surface area contributed by atoms with E-state index in [2.05, 4.69) is 0 Å². The molecule has 1 N–H and O–H groups in total. The zero-order valence-electron chi connectivity index (χ0n) is 11.5. The maximum absolute atomic E-state index is 12.5. The Kier molecular flexibility index (Phi) is 4.24. The third-order valence-electron chi connectivity index (χ3n) is 3.34. The molecule has 1 saturated heterocycles. The van der Waals surface area contributed by atoms with Crippen molar-refractivity contribution in [1.29, 1.82) is 0 Å². The first kappa shape index (κ1) is 14.3. The van der Waals surface area contributed by atoms with Crippen molar-refractivity contribution < 1.29 is 24.2 Å². The van der Waals surface area contributed by atoms with Gasteiger partial charge in [-0.2, -0.15) is 0 Å². The lowest BCUT2D eigenvalue weighted by Crippen LogP contribution is -2.52. The molecule has 0 saturated carbocycles. The Balaban J connectivity index is 2.27. The molecule has 1 fully saturated rings. The Bertz CT molecular complexity index is 528. The first-order chi connectivity index (χ1) is 9.54. The molecule has 0 aromatic heterocycles. The van der Waals surface area contributed by atoms with Gasteiger partial charge in [-0.25, -0.2) is 4.79 Å². The standard InChI is InChI=1S/C14H17NO5/c1-9-7-10(19-2)3-4-11(9)13(16)15-5-6-20-8-12(15)14(17)18/h3-4,7,12H,5-6,8H2,1-2H3,(H,17,18). The minimum atomic E-state index is -1.05. The van der Waals surface area contributed by atoms with Crippen LogP contribution in [0.25, 0.3) is 0 Å². The normalized spacial score (nSPS) is 18.7. The van der Waals surface area contributed by atoms with Crippen LogP contribution in [0.3, 0.4) is 0 Å². The fourth-order valence-corrected chi connectivity index (χ4v) is 2.21. The number of methoxy groups -OCH3 is 1. The molecule has 1 amide bonds. The maximum Gasteiger partial charge on any atom is 0.328 e. The molecule has 2 rings (SSSR count). The first-order valence-corrected chi connectivity index (χ1v) is 6.30. The van der Waals surface area contributed by atoms with Gasteiger partial charge in [-0.15, -0.1) is 0 Å². The fraction of sp³-hybridized carbons (Fsp3) is 0.429. The van der Waals surface area contributed by atoms with Crippen LogP contribution < -0.4 is 4.74 Å². The fourth-order valence-electron chi connectivity index (χ4n) is 2.21. The number of carbonyl (C=O) groups is 2. The van der Waals surface area contributed by atoms with Crippen LogP contribution in [0.4, 0.5) is 0 Å². The van der Waals surface area contributed by atoms with E-state index < -0.39 is 12.0 Å². The molecular weight excluding hydrogens is 262 g/mol. The van der Waals surface area contributed by atoms with E-state index in [9.17, 15) is 9.59 Å². The third kappa shape index (κ3) is 2.75. The summed E-state index contributed by atoms with van der Waals surface area (Å²) in [6.07, 6.45) is 0. The average molecular weight is 279 g/mol. The van der Waals surface area contributed by atoms with Crippen molar-refractivity contribution in [2.45, 2.75) is 13.0 Å². The summed E-state index contributed by atoms with van der Waals surface area (Å²) in [4.78, 5) is 25.0. The summed E-state index contributed by atoms with van der Waals surface area (Å²) in [5.41, 5.74) is 1.24. The molecule has 1 heterocycles. The number of nitrogens with zero attached hydrogens (tertiary/aromatic N) is 1. The zero-order chi connectivity index (χ0) is 14.7. The van der Waals surface area contributed by atoms with Gasteiger partial charge in [-0.05, 0) is 30.7 Å². The van der Waals surface area contributed by atoms with Crippen molar-refractivity contribution in [3.63, 3.8) is 0 Å². The number of hydrogen-bond donors (Lipinski definition) is 1. The van der Waals surface area contributed by atoms with Crippen LogP contribution in [-0.4, -0.2) is 54.8 Å². The van der Waals surface area contributed by atoms with Gasteiger partial charge in [0.05, 0.1) is 20.3 Å². The second-order valence-corrected chi connectivity index (χ2v) is 4.61. The van der Waals surface area contributed by atoms with E-state index >= 15 is 0 Å². The molecule has 108 valence electrons. The SMILES string of the molecule is COc1ccc(C(=O)N2CCOCC2C(=O)O)c(C)c1. The molecule has 0 bridgehead atoms. The predicted molar refractivity (Wildman–Crippen MR) is 71.0 cm³/mol. The Morgan fingerprint density at radius 3 is 2.80 bits per heavy atom. The molecule has 0 spiro atoms. The number of carboxylic acid groups (broad SMARTS) is 1. The highest BCUT2D eigenvalue weighted by molar-refractivity contribution is 5.98. The number of aliphatic carboxylic acids is 1. The van der Waals surface area contributed by atoms with Crippen molar-refractivity contribution in [3.05, 3.63) is 29.3 Å². The second-order valence-electron chi connectivity index (χ2n) is 4.61. The van der Waals surface area contributed by atoms with Gasteiger partial charge in [-0.1, -0.05) is 0 Å². The molecule has 0 aliphatic carbocycles. The van der Waals surface area contributed by atoms with E-state index in [0.29, 0.717) is 17.9 Å². The van der Waals surface area contributed by atoms with Gasteiger partial charge in [-0.3, -0.25) is 4.79 Å². The lowest BCUT2D eigenvalue weighted by Gasteiger charge is -2.33. The lowest BCUT2D eigenvalue weighted by molar-refractivity contribution is -0.147. The molecule has 1 aliphatic rings. The van der Waals surface area contributed by atoms with Crippen LogP contribution in [0.5, 0.6) is 5.75 Å². The van der Waals surface area contributed by atoms with Crippen LogP contribution in [0, 0.1) is 6.92 Å². The Labute approximate surface area is 116 Å². The highest BCUT2D eigenvalue weighted by Crippen LogP contribution is 2.20. The highest BCUT2D eigenvalue weighted by atomic mass is 16.5. The highest BCUT2D eigenvalue weighted by Gasteiger charge is 2.33. The first-order valence-electron chi connectivity index (χ1n) is 6.30. The van der Waals surface area contributed by atoms with Crippen LogP contribution in [0.2, 0.25) is 0 Å². The smallest absolute Gasteiger partial charge is 0.328 e. The number of benzene rings is 1. The number of carboxylic acids is 1. The van der Waals surface area contributed by atoms with E-state index in [1.807, 2.05) is 0 Å². The monoisotopic (exact) mass is 279 g/mol. The van der Waals surface area contributed by atoms with Crippen molar-refractivity contribution in [2.24, 2.45) is 0 Å². The zero-order valence-corrected chi connectivity index (χ0v) is 11.5. The lowest BCUT2D eigenvalue weighted by atomic mass is 10.1. The van der Waals surface area contributed by atoms with Crippen molar-refractivity contribution in [3.8, 4) is 5.75 Å². The number of morpholine rings is 1. The van der Waals surface area contributed by atoms with E-state index in [1.165, 1.54) is 4.90 Å². The molecule has 1 atom stereocenters. The van der Waals surface area contributed by atoms with Crippen molar-refractivity contribution in [1.82, 2.24) is 4.90 Å². The van der Waals surface area contributed by atoms with E-state index in [4.69, 9.17) is 14.6 Å². The summed E-state index contributed by atoms with van der Waals surface area (Å²) in [5, 5.41) is 9.16. The number of amides is 1. The maximum atomic E-state index is 12.5. The Hall–Kier alpha value is -2.08. The number of rotatable bonds is 3. The van der Waals surface area contributed by atoms with E-state index in [1.54, 1.807) is 32.2 Å².